The molecule has 1 saturated heterocycles. The van der Waals surface area contributed by atoms with Crippen molar-refractivity contribution in [3.8, 4) is 0 Å². The Labute approximate surface area is 136 Å². The first-order chi connectivity index (χ1) is 10.2. The maximum Gasteiger partial charge on any atom is 0.407 e. The zero-order valence-electron chi connectivity index (χ0n) is 15.2. The number of ether oxygens (including phenoxy) is 1. The molecule has 130 valence electrons. The van der Waals surface area contributed by atoms with E-state index in [0.717, 1.165) is 13.1 Å². The second-order valence-corrected chi connectivity index (χ2v) is 7.71. The van der Waals surface area contributed by atoms with Crippen molar-refractivity contribution in [2.24, 2.45) is 0 Å². The van der Waals surface area contributed by atoms with Gasteiger partial charge in [-0.25, -0.2) is 4.79 Å². The highest BCUT2D eigenvalue weighted by molar-refractivity contribution is 5.68. The number of hydrogen-bond donors (Lipinski definition) is 2. The summed E-state index contributed by atoms with van der Waals surface area (Å²) in [6.45, 7) is 15.3. The molecule has 0 aromatic rings. The zero-order chi connectivity index (χ0) is 16.8. The molecule has 0 aliphatic carbocycles. The number of carbonyl (C=O) groups excluding carboxylic acids is 1. The molecule has 0 radical (unpaired) electrons. The van der Waals surface area contributed by atoms with Gasteiger partial charge in [0.25, 0.3) is 0 Å². The molecule has 0 aromatic carbocycles. The topological polar surface area (TPSA) is 53.6 Å². The van der Waals surface area contributed by atoms with Crippen LogP contribution in [0.2, 0.25) is 0 Å². The number of likely N-dealkylation sites (tertiary alicyclic amines) is 1. The van der Waals surface area contributed by atoms with Crippen LogP contribution in [0.15, 0.2) is 0 Å². The third-order valence-electron chi connectivity index (χ3n) is 3.97. The van der Waals surface area contributed by atoms with Crippen LogP contribution in [0.1, 0.15) is 60.8 Å². The highest BCUT2D eigenvalue weighted by atomic mass is 16.6. The molecule has 1 rings (SSSR count). The van der Waals surface area contributed by atoms with Crippen LogP contribution in [-0.4, -0.2) is 54.4 Å². The predicted molar refractivity (Wildman–Crippen MR) is 91.2 cm³/mol. The minimum atomic E-state index is -0.446. The molecule has 1 fully saturated rings. The molecule has 0 bridgehead atoms. The Balaban J connectivity index is 2.26. The average molecular weight is 313 g/mol. The van der Waals surface area contributed by atoms with Gasteiger partial charge in [0.2, 0.25) is 0 Å². The molecule has 2 unspecified atom stereocenters. The van der Waals surface area contributed by atoms with Crippen LogP contribution in [0.25, 0.3) is 0 Å². The largest absolute Gasteiger partial charge is 0.444 e. The quantitative estimate of drug-likeness (QED) is 0.819. The lowest BCUT2D eigenvalue weighted by Crippen LogP contribution is -2.45. The lowest BCUT2D eigenvalue weighted by atomic mass is 10.1. The Kier molecular flexibility index (Phi) is 7.63. The van der Waals surface area contributed by atoms with Crippen molar-refractivity contribution in [3.05, 3.63) is 0 Å². The number of amides is 1. The minimum Gasteiger partial charge on any atom is -0.444 e. The van der Waals surface area contributed by atoms with Gasteiger partial charge in [-0.2, -0.15) is 0 Å². The maximum atomic E-state index is 11.7. The first kappa shape index (κ1) is 19.2. The van der Waals surface area contributed by atoms with Crippen LogP contribution in [0, 0.1) is 0 Å². The zero-order valence-corrected chi connectivity index (χ0v) is 15.2. The first-order valence-corrected chi connectivity index (χ1v) is 8.64. The van der Waals surface area contributed by atoms with E-state index in [1.54, 1.807) is 0 Å². The molecule has 5 heteroatoms. The number of nitrogens with zero attached hydrogens (tertiary/aromatic N) is 1. The van der Waals surface area contributed by atoms with Crippen molar-refractivity contribution >= 4 is 6.09 Å². The third kappa shape index (κ3) is 7.99. The Morgan fingerprint density at radius 3 is 2.50 bits per heavy atom. The van der Waals surface area contributed by atoms with Crippen LogP contribution in [-0.2, 0) is 4.74 Å². The van der Waals surface area contributed by atoms with Crippen molar-refractivity contribution in [1.29, 1.82) is 0 Å². The molecule has 22 heavy (non-hydrogen) atoms. The van der Waals surface area contributed by atoms with Gasteiger partial charge in [-0.1, -0.05) is 0 Å². The molecule has 0 saturated carbocycles. The van der Waals surface area contributed by atoms with E-state index in [1.165, 1.54) is 25.8 Å². The summed E-state index contributed by atoms with van der Waals surface area (Å²) in [7, 11) is 0. The summed E-state index contributed by atoms with van der Waals surface area (Å²) in [5, 5.41) is 6.48. The Hall–Kier alpha value is -0.810. The molecule has 0 aromatic heterocycles. The van der Waals surface area contributed by atoms with E-state index in [-0.39, 0.29) is 12.1 Å². The lowest BCUT2D eigenvalue weighted by Gasteiger charge is -2.25. The van der Waals surface area contributed by atoms with Gasteiger partial charge >= 0.3 is 6.09 Å². The van der Waals surface area contributed by atoms with Crippen LogP contribution >= 0.6 is 0 Å². The van der Waals surface area contributed by atoms with Gasteiger partial charge in [-0.05, 0) is 73.9 Å². The maximum absolute atomic E-state index is 11.7. The highest BCUT2D eigenvalue weighted by Gasteiger charge is 2.20. The van der Waals surface area contributed by atoms with Gasteiger partial charge < -0.3 is 20.3 Å². The van der Waals surface area contributed by atoms with E-state index in [4.69, 9.17) is 4.74 Å². The number of carbonyl (C=O) groups is 1. The van der Waals surface area contributed by atoms with Crippen LogP contribution in [0.5, 0.6) is 0 Å². The van der Waals surface area contributed by atoms with E-state index in [2.05, 4.69) is 29.4 Å². The van der Waals surface area contributed by atoms with Crippen molar-refractivity contribution in [2.45, 2.75) is 84.5 Å². The Morgan fingerprint density at radius 2 is 1.91 bits per heavy atom. The van der Waals surface area contributed by atoms with Gasteiger partial charge in [0.15, 0.2) is 0 Å². The molecule has 0 spiro atoms. The second-order valence-electron chi connectivity index (χ2n) is 7.71. The molecule has 5 nitrogen and oxygen atoms in total. The molecular formula is C17H35N3O2. The van der Waals surface area contributed by atoms with Crippen molar-refractivity contribution in [3.63, 3.8) is 0 Å². The lowest BCUT2D eigenvalue weighted by molar-refractivity contribution is 0.0507. The fourth-order valence-corrected chi connectivity index (χ4v) is 2.74. The van der Waals surface area contributed by atoms with Crippen LogP contribution < -0.4 is 10.6 Å². The smallest absolute Gasteiger partial charge is 0.407 e. The third-order valence-corrected chi connectivity index (χ3v) is 3.97. The highest BCUT2D eigenvalue weighted by Crippen LogP contribution is 2.13. The van der Waals surface area contributed by atoms with Gasteiger partial charge in [0.05, 0.1) is 0 Å². The summed E-state index contributed by atoms with van der Waals surface area (Å²) in [5.74, 6) is 0. The molecule has 1 aliphatic heterocycles. The predicted octanol–water partition coefficient (Wildman–Crippen LogP) is 2.75. The number of hydrogen-bond acceptors (Lipinski definition) is 4. The summed E-state index contributed by atoms with van der Waals surface area (Å²) >= 11 is 0. The molecule has 1 heterocycles. The molecule has 2 N–H and O–H groups in total. The second kappa shape index (κ2) is 8.73. The monoisotopic (exact) mass is 313 g/mol. The Bertz CT molecular complexity index is 339. The van der Waals surface area contributed by atoms with E-state index < -0.39 is 5.60 Å². The van der Waals surface area contributed by atoms with E-state index >= 15 is 0 Å². The normalized spacial score (nSPS) is 22.2. The molecule has 1 amide bonds. The molecule has 2 atom stereocenters. The van der Waals surface area contributed by atoms with E-state index in [9.17, 15) is 4.79 Å². The number of rotatable bonds is 5. The summed E-state index contributed by atoms with van der Waals surface area (Å²) in [4.78, 5) is 14.3. The minimum absolute atomic E-state index is 0.0688. The number of nitrogens with one attached hydrogen (secondary N) is 2. The van der Waals surface area contributed by atoms with Crippen molar-refractivity contribution < 1.29 is 9.53 Å². The van der Waals surface area contributed by atoms with Gasteiger partial charge in [0, 0.05) is 24.7 Å². The summed E-state index contributed by atoms with van der Waals surface area (Å²) in [5.41, 5.74) is -0.446. The van der Waals surface area contributed by atoms with Crippen molar-refractivity contribution in [2.75, 3.05) is 19.6 Å². The van der Waals surface area contributed by atoms with Crippen molar-refractivity contribution in [1.82, 2.24) is 15.5 Å². The van der Waals surface area contributed by atoms with E-state index in [0.29, 0.717) is 12.1 Å². The van der Waals surface area contributed by atoms with Gasteiger partial charge in [0.1, 0.15) is 5.60 Å². The van der Waals surface area contributed by atoms with Gasteiger partial charge in [-0.15, -0.1) is 0 Å². The fraction of sp³-hybridized carbons (Fsp3) is 0.941. The summed E-state index contributed by atoms with van der Waals surface area (Å²) in [6.07, 6.45) is 3.29. The summed E-state index contributed by atoms with van der Waals surface area (Å²) < 4.78 is 5.28. The number of alkyl carbamates (subject to hydrolysis) is 1. The Morgan fingerprint density at radius 1 is 1.23 bits per heavy atom. The van der Waals surface area contributed by atoms with Gasteiger partial charge in [-0.3, -0.25) is 0 Å². The molecular weight excluding hydrogens is 278 g/mol. The average Bonchev–Trinajstić information content (AvgIpc) is 2.59. The van der Waals surface area contributed by atoms with Crippen LogP contribution in [0.3, 0.4) is 0 Å². The molecule has 1 aliphatic rings. The first-order valence-electron chi connectivity index (χ1n) is 8.64. The van der Waals surface area contributed by atoms with E-state index in [1.807, 2.05) is 27.7 Å². The summed E-state index contributed by atoms with van der Waals surface area (Å²) in [6, 6.07) is 1.25. The standard InChI is InChI=1S/C17H35N3O2/c1-13(2)20-10-7-8-15(9-11-20)18-12-14(3)19-16(21)22-17(4,5)6/h13-15,18H,7-12H2,1-6H3,(H,19,21). The van der Waals surface area contributed by atoms with Crippen LogP contribution in [0.4, 0.5) is 4.79 Å². The fourth-order valence-electron chi connectivity index (χ4n) is 2.74. The SMILES string of the molecule is CC(CNC1CCCN(C(C)C)CC1)NC(=O)OC(C)(C)C.